The maximum Gasteiger partial charge on any atom is 0.271 e. The predicted molar refractivity (Wildman–Crippen MR) is 148 cm³/mol. The molecular formula is C28H25N5O7. The number of non-ortho nitro benzene ring substituents is 1. The summed E-state index contributed by atoms with van der Waals surface area (Å²) in [6.07, 6.45) is 0. The number of nitrogens with one attached hydrogen (secondary N) is 2. The van der Waals surface area contributed by atoms with Crippen LogP contribution in [-0.4, -0.2) is 42.6 Å². The van der Waals surface area contributed by atoms with Crippen LogP contribution in [0.1, 0.15) is 27.6 Å². The number of hydrogen-bond acceptors (Lipinski definition) is 9. The molecule has 0 unspecified atom stereocenters. The summed E-state index contributed by atoms with van der Waals surface area (Å²) >= 11 is 0. The fourth-order valence-corrected chi connectivity index (χ4v) is 3.95. The minimum absolute atomic E-state index is 0.000256. The van der Waals surface area contributed by atoms with E-state index in [0.717, 1.165) is 0 Å². The summed E-state index contributed by atoms with van der Waals surface area (Å²) in [5.41, 5.74) is 0.213. The molecule has 2 amide bonds. The van der Waals surface area contributed by atoms with Crippen molar-refractivity contribution < 1.29 is 29.1 Å². The van der Waals surface area contributed by atoms with Crippen molar-refractivity contribution in [3.63, 3.8) is 0 Å². The molecule has 0 heterocycles. The summed E-state index contributed by atoms with van der Waals surface area (Å²) < 4.78 is 10.8. The van der Waals surface area contributed by atoms with Crippen LogP contribution in [-0.2, 0) is 0 Å². The Labute approximate surface area is 228 Å². The average Bonchev–Trinajstić information content (AvgIpc) is 2.96. The number of fused-ring (bicyclic) bond motifs is 1. The second-order valence-electron chi connectivity index (χ2n) is 8.33. The first-order valence-electron chi connectivity index (χ1n) is 12.1. The second-order valence-corrected chi connectivity index (χ2v) is 8.33. The smallest absolute Gasteiger partial charge is 0.271 e. The molecule has 0 atom stereocenters. The van der Waals surface area contributed by atoms with Gasteiger partial charge in [-0.2, -0.15) is 0 Å². The summed E-state index contributed by atoms with van der Waals surface area (Å²) in [4.78, 5) is 36.2. The van der Waals surface area contributed by atoms with Crippen molar-refractivity contribution in [3.05, 3.63) is 88.0 Å². The summed E-state index contributed by atoms with van der Waals surface area (Å²) in [6.45, 7) is 2.00. The number of aromatic hydroxyl groups is 1. The molecule has 12 nitrogen and oxygen atoms in total. The lowest BCUT2D eigenvalue weighted by molar-refractivity contribution is -0.384. The van der Waals surface area contributed by atoms with Gasteiger partial charge in [0.2, 0.25) is 0 Å². The molecule has 204 valence electrons. The third-order valence-electron chi connectivity index (χ3n) is 5.89. The molecule has 0 spiro atoms. The van der Waals surface area contributed by atoms with Gasteiger partial charge in [-0.25, -0.2) is 0 Å². The Balaban J connectivity index is 1.80. The van der Waals surface area contributed by atoms with E-state index in [2.05, 4.69) is 20.9 Å². The highest BCUT2D eigenvalue weighted by atomic mass is 16.6. The SMILES string of the molecule is CCOc1ccc([N+](=O)[O-])cc1NC(=O)c1cc2ccccc2c(/N=N/c2cc(C(=O)NC)ccc2OC)c1O. The molecular weight excluding hydrogens is 518 g/mol. The highest BCUT2D eigenvalue weighted by Crippen LogP contribution is 2.41. The molecule has 4 aromatic rings. The number of nitro benzene ring substituents is 1. The molecule has 4 aromatic carbocycles. The lowest BCUT2D eigenvalue weighted by Gasteiger charge is -2.14. The lowest BCUT2D eigenvalue weighted by Crippen LogP contribution is -2.17. The van der Waals surface area contributed by atoms with Crippen molar-refractivity contribution >= 4 is 45.3 Å². The van der Waals surface area contributed by atoms with E-state index in [1.165, 1.54) is 44.5 Å². The first-order chi connectivity index (χ1) is 19.3. The molecule has 0 fully saturated rings. The number of nitro groups is 1. The van der Waals surface area contributed by atoms with Crippen LogP contribution in [0, 0.1) is 10.1 Å². The highest BCUT2D eigenvalue weighted by Gasteiger charge is 2.21. The predicted octanol–water partition coefficient (Wildman–Crippen LogP) is 5.89. The third kappa shape index (κ3) is 5.65. The molecule has 0 radical (unpaired) electrons. The van der Waals surface area contributed by atoms with Crippen LogP contribution in [0.15, 0.2) is 77.0 Å². The van der Waals surface area contributed by atoms with Gasteiger partial charge in [-0.15, -0.1) is 10.2 Å². The summed E-state index contributed by atoms with van der Waals surface area (Å²) in [5.74, 6) is -0.989. The minimum atomic E-state index is -0.750. The monoisotopic (exact) mass is 543 g/mol. The number of amides is 2. The molecule has 40 heavy (non-hydrogen) atoms. The van der Waals surface area contributed by atoms with Gasteiger partial charge in [-0.1, -0.05) is 24.3 Å². The number of ether oxygens (including phenoxy) is 2. The number of rotatable bonds is 9. The lowest BCUT2D eigenvalue weighted by atomic mass is 10.0. The average molecular weight is 544 g/mol. The molecule has 0 bridgehead atoms. The standard InChI is InChI=1S/C28H25N5O7/c1-4-40-24-12-10-18(33(37)38)15-21(24)30-28(36)20-13-16-7-5-6-8-19(16)25(26(20)34)32-31-22-14-17(27(35)29-2)9-11-23(22)39-3/h5-15,34H,4H2,1-3H3,(H,29,35)(H,30,36)/b32-31+. The molecule has 0 saturated carbocycles. The Morgan fingerprint density at radius 1 is 1.00 bits per heavy atom. The molecule has 0 aliphatic rings. The number of phenolic OH excluding ortho intramolecular Hbond substituents is 1. The Kier molecular flexibility index (Phi) is 8.19. The number of phenols is 1. The summed E-state index contributed by atoms with van der Waals surface area (Å²) in [7, 11) is 2.94. The number of benzene rings is 4. The minimum Gasteiger partial charge on any atom is -0.505 e. The van der Waals surface area contributed by atoms with Crippen molar-refractivity contribution in [1.82, 2.24) is 5.32 Å². The van der Waals surface area contributed by atoms with Crippen molar-refractivity contribution in [2.24, 2.45) is 10.2 Å². The Morgan fingerprint density at radius 2 is 1.75 bits per heavy atom. The van der Waals surface area contributed by atoms with E-state index in [9.17, 15) is 24.8 Å². The van der Waals surface area contributed by atoms with Gasteiger partial charge in [0.05, 0.1) is 29.9 Å². The quantitative estimate of drug-likeness (QED) is 0.134. The molecule has 12 heteroatoms. The van der Waals surface area contributed by atoms with Crippen LogP contribution in [0.4, 0.5) is 22.7 Å². The van der Waals surface area contributed by atoms with Gasteiger partial charge in [-0.3, -0.25) is 19.7 Å². The Bertz CT molecular complexity index is 1650. The van der Waals surface area contributed by atoms with Gasteiger partial charge in [0.1, 0.15) is 22.9 Å². The number of carbonyl (C=O) groups excluding carboxylic acids is 2. The number of anilines is 1. The van der Waals surface area contributed by atoms with E-state index < -0.39 is 16.6 Å². The highest BCUT2D eigenvalue weighted by molar-refractivity contribution is 6.12. The van der Waals surface area contributed by atoms with Crippen molar-refractivity contribution in [2.75, 3.05) is 26.1 Å². The first-order valence-corrected chi connectivity index (χ1v) is 12.1. The van der Waals surface area contributed by atoms with E-state index in [1.54, 1.807) is 43.3 Å². The molecule has 0 aliphatic carbocycles. The van der Waals surface area contributed by atoms with Crippen LogP contribution in [0.25, 0.3) is 10.8 Å². The van der Waals surface area contributed by atoms with Crippen LogP contribution in [0.3, 0.4) is 0 Å². The first kappa shape index (κ1) is 27.5. The number of carbonyl (C=O) groups is 2. The topological polar surface area (TPSA) is 165 Å². The fourth-order valence-electron chi connectivity index (χ4n) is 3.95. The number of nitrogens with zero attached hydrogens (tertiary/aromatic N) is 3. The van der Waals surface area contributed by atoms with Crippen molar-refractivity contribution in [2.45, 2.75) is 6.92 Å². The Hall–Kier alpha value is -5.52. The van der Waals surface area contributed by atoms with Crippen molar-refractivity contribution in [1.29, 1.82) is 0 Å². The Morgan fingerprint density at radius 3 is 2.45 bits per heavy atom. The van der Waals surface area contributed by atoms with Crippen molar-refractivity contribution in [3.8, 4) is 17.2 Å². The normalized spacial score (nSPS) is 10.9. The zero-order valence-corrected chi connectivity index (χ0v) is 21.8. The van der Waals surface area contributed by atoms with Crippen LogP contribution < -0.4 is 20.1 Å². The van der Waals surface area contributed by atoms with Crippen LogP contribution in [0.2, 0.25) is 0 Å². The molecule has 4 rings (SSSR count). The molecule has 3 N–H and O–H groups in total. The molecule has 0 aliphatic heterocycles. The maximum absolute atomic E-state index is 13.4. The summed E-state index contributed by atoms with van der Waals surface area (Å²) in [6, 6.07) is 16.8. The van der Waals surface area contributed by atoms with Gasteiger partial charge < -0.3 is 25.2 Å². The van der Waals surface area contributed by atoms with Gasteiger partial charge in [-0.05, 0) is 42.6 Å². The van der Waals surface area contributed by atoms with Gasteiger partial charge in [0.15, 0.2) is 5.75 Å². The number of azo groups is 1. The summed E-state index contributed by atoms with van der Waals surface area (Å²) in [5, 5.41) is 37.2. The van der Waals surface area contributed by atoms with Crippen LogP contribution >= 0.6 is 0 Å². The van der Waals surface area contributed by atoms with E-state index in [1.807, 2.05) is 0 Å². The zero-order valence-electron chi connectivity index (χ0n) is 21.8. The van der Waals surface area contributed by atoms with E-state index >= 15 is 0 Å². The van der Waals surface area contributed by atoms with E-state index in [-0.39, 0.29) is 46.6 Å². The number of hydrogen-bond donors (Lipinski definition) is 3. The number of methoxy groups -OCH3 is 1. The second kappa shape index (κ2) is 11.9. The maximum atomic E-state index is 13.4. The van der Waals surface area contributed by atoms with Gasteiger partial charge in [0.25, 0.3) is 17.5 Å². The molecule has 0 saturated heterocycles. The van der Waals surface area contributed by atoms with E-state index in [0.29, 0.717) is 22.1 Å². The largest absolute Gasteiger partial charge is 0.505 e. The van der Waals surface area contributed by atoms with E-state index in [4.69, 9.17) is 9.47 Å². The van der Waals surface area contributed by atoms with Crippen LogP contribution in [0.5, 0.6) is 17.2 Å². The fraction of sp³-hybridized carbons (Fsp3) is 0.143. The zero-order chi connectivity index (χ0) is 28.8. The van der Waals surface area contributed by atoms with Gasteiger partial charge in [0, 0.05) is 30.1 Å². The third-order valence-corrected chi connectivity index (χ3v) is 5.89. The molecule has 0 aromatic heterocycles. The van der Waals surface area contributed by atoms with Gasteiger partial charge >= 0.3 is 0 Å².